The zero-order chi connectivity index (χ0) is 23.0. The van der Waals surface area contributed by atoms with Crippen LogP contribution < -0.4 is 16.0 Å². The summed E-state index contributed by atoms with van der Waals surface area (Å²) >= 11 is 6.44. The van der Waals surface area contributed by atoms with E-state index in [2.05, 4.69) is 20.9 Å². The quantitative estimate of drug-likeness (QED) is 0.539. The minimum absolute atomic E-state index is 0.0426. The SMILES string of the molecule is COC[C@H]1CC[C@@H](C(=O)Nc2cc(-c3cccc(NCC4CCOCC4)n3)c(Cl)cn2)CN1. The van der Waals surface area contributed by atoms with Crippen molar-refractivity contribution in [3.63, 3.8) is 0 Å². The van der Waals surface area contributed by atoms with Crippen molar-refractivity contribution in [1.29, 1.82) is 0 Å². The van der Waals surface area contributed by atoms with Gasteiger partial charge in [-0.05, 0) is 49.8 Å². The molecule has 0 spiro atoms. The van der Waals surface area contributed by atoms with Gasteiger partial charge in [0.2, 0.25) is 5.91 Å². The minimum atomic E-state index is -0.102. The molecule has 9 heteroatoms. The Labute approximate surface area is 199 Å². The highest BCUT2D eigenvalue weighted by Crippen LogP contribution is 2.29. The van der Waals surface area contributed by atoms with E-state index in [1.165, 1.54) is 0 Å². The van der Waals surface area contributed by atoms with Crippen LogP contribution in [0.15, 0.2) is 30.5 Å². The summed E-state index contributed by atoms with van der Waals surface area (Å²) in [5.41, 5.74) is 1.47. The maximum absolute atomic E-state index is 12.8. The molecular weight excluding hydrogens is 442 g/mol. The molecule has 0 unspecified atom stereocenters. The predicted octanol–water partition coefficient (Wildman–Crippen LogP) is 3.59. The highest BCUT2D eigenvalue weighted by Gasteiger charge is 2.26. The van der Waals surface area contributed by atoms with Gasteiger partial charge < -0.3 is 25.4 Å². The topological polar surface area (TPSA) is 97.4 Å². The van der Waals surface area contributed by atoms with Crippen molar-refractivity contribution in [2.45, 2.75) is 31.7 Å². The number of hydrogen-bond acceptors (Lipinski definition) is 7. The van der Waals surface area contributed by atoms with E-state index in [1.807, 2.05) is 18.2 Å². The lowest BCUT2D eigenvalue weighted by Crippen LogP contribution is -2.45. The van der Waals surface area contributed by atoms with Crippen LogP contribution in [-0.2, 0) is 14.3 Å². The molecule has 2 atom stereocenters. The van der Waals surface area contributed by atoms with Gasteiger partial charge in [-0.3, -0.25) is 4.79 Å². The summed E-state index contributed by atoms with van der Waals surface area (Å²) in [5, 5.41) is 10.2. The van der Waals surface area contributed by atoms with Crippen LogP contribution in [0.2, 0.25) is 5.02 Å². The lowest BCUT2D eigenvalue weighted by molar-refractivity contribution is -0.120. The number of carbonyl (C=O) groups is 1. The van der Waals surface area contributed by atoms with Gasteiger partial charge in [-0.25, -0.2) is 9.97 Å². The molecule has 0 bridgehead atoms. The van der Waals surface area contributed by atoms with Gasteiger partial charge in [-0.1, -0.05) is 17.7 Å². The van der Waals surface area contributed by atoms with Crippen LogP contribution in [0.3, 0.4) is 0 Å². The molecule has 2 fully saturated rings. The summed E-state index contributed by atoms with van der Waals surface area (Å²) in [6.07, 6.45) is 5.41. The number of hydrogen-bond donors (Lipinski definition) is 3. The van der Waals surface area contributed by atoms with Crippen molar-refractivity contribution < 1.29 is 14.3 Å². The molecule has 2 aromatic rings. The molecular formula is C24H32ClN5O3. The van der Waals surface area contributed by atoms with Crippen LogP contribution in [-0.4, -0.2) is 61.9 Å². The summed E-state index contributed by atoms with van der Waals surface area (Å²) in [7, 11) is 1.69. The molecule has 8 nitrogen and oxygen atoms in total. The Morgan fingerprint density at radius 1 is 1.24 bits per heavy atom. The molecule has 2 aliphatic rings. The van der Waals surface area contributed by atoms with Crippen molar-refractivity contribution in [2.75, 3.05) is 50.7 Å². The van der Waals surface area contributed by atoms with Gasteiger partial charge in [0.15, 0.2) is 0 Å². The van der Waals surface area contributed by atoms with Gasteiger partial charge in [0, 0.05) is 51.2 Å². The maximum atomic E-state index is 12.8. The van der Waals surface area contributed by atoms with Crippen molar-refractivity contribution in [1.82, 2.24) is 15.3 Å². The molecule has 178 valence electrons. The second kappa shape index (κ2) is 11.7. The number of carbonyl (C=O) groups excluding carboxylic acids is 1. The number of rotatable bonds is 8. The van der Waals surface area contributed by atoms with Crippen LogP contribution in [0, 0.1) is 11.8 Å². The fraction of sp³-hybridized carbons (Fsp3) is 0.542. The summed E-state index contributed by atoms with van der Waals surface area (Å²) in [4.78, 5) is 21.8. The number of ether oxygens (including phenoxy) is 2. The number of nitrogens with zero attached hydrogens (tertiary/aromatic N) is 2. The van der Waals surface area contributed by atoms with E-state index in [4.69, 9.17) is 26.1 Å². The van der Waals surface area contributed by atoms with Gasteiger partial charge >= 0.3 is 0 Å². The van der Waals surface area contributed by atoms with Crippen LogP contribution in [0.4, 0.5) is 11.6 Å². The first-order chi connectivity index (χ1) is 16.1. The number of piperidine rings is 1. The third-order valence-electron chi connectivity index (χ3n) is 6.30. The lowest BCUT2D eigenvalue weighted by Gasteiger charge is -2.28. The smallest absolute Gasteiger partial charge is 0.229 e. The standard InChI is InChI=1S/C24H32ClN5O3/c1-32-15-18-6-5-17(13-26-18)24(31)30-23-11-19(20(25)14-28-23)21-3-2-4-22(29-21)27-12-16-7-9-33-10-8-16/h2-4,11,14,16-18,26H,5-10,12-13,15H2,1H3,(H,27,29)(H,28,30,31)/t17-,18-/m1/s1. The Morgan fingerprint density at radius 3 is 2.85 bits per heavy atom. The fourth-order valence-corrected chi connectivity index (χ4v) is 4.50. The highest BCUT2D eigenvalue weighted by atomic mass is 35.5. The molecule has 2 saturated heterocycles. The second-order valence-corrected chi connectivity index (χ2v) is 9.13. The second-order valence-electron chi connectivity index (χ2n) is 8.72. The van der Waals surface area contributed by atoms with E-state index in [0.717, 1.165) is 62.5 Å². The van der Waals surface area contributed by atoms with E-state index in [-0.39, 0.29) is 11.8 Å². The Kier molecular flexibility index (Phi) is 8.50. The van der Waals surface area contributed by atoms with Gasteiger partial charge in [0.1, 0.15) is 11.6 Å². The summed E-state index contributed by atoms with van der Waals surface area (Å²) in [5.74, 6) is 1.72. The predicted molar refractivity (Wildman–Crippen MR) is 130 cm³/mol. The maximum Gasteiger partial charge on any atom is 0.229 e. The molecule has 0 saturated carbocycles. The molecule has 4 heterocycles. The van der Waals surface area contributed by atoms with Gasteiger partial charge in [0.05, 0.1) is 23.2 Å². The number of amides is 1. The van der Waals surface area contributed by atoms with Crippen molar-refractivity contribution in [2.24, 2.45) is 11.8 Å². The van der Waals surface area contributed by atoms with E-state index in [1.54, 1.807) is 19.4 Å². The molecule has 33 heavy (non-hydrogen) atoms. The number of halogens is 1. The Hall–Kier alpha value is -2.26. The number of methoxy groups -OCH3 is 1. The highest BCUT2D eigenvalue weighted by molar-refractivity contribution is 6.33. The lowest BCUT2D eigenvalue weighted by atomic mass is 9.94. The van der Waals surface area contributed by atoms with Crippen LogP contribution >= 0.6 is 11.6 Å². The van der Waals surface area contributed by atoms with E-state index < -0.39 is 0 Å². The van der Waals surface area contributed by atoms with Crippen molar-refractivity contribution >= 4 is 29.1 Å². The summed E-state index contributed by atoms with van der Waals surface area (Å²) < 4.78 is 10.6. The molecule has 0 aliphatic carbocycles. The number of aromatic nitrogens is 2. The molecule has 4 rings (SSSR count). The zero-order valence-electron chi connectivity index (χ0n) is 19.0. The minimum Gasteiger partial charge on any atom is -0.383 e. The van der Waals surface area contributed by atoms with E-state index in [0.29, 0.717) is 36.0 Å². The average Bonchev–Trinajstić information content (AvgIpc) is 2.85. The summed E-state index contributed by atoms with van der Waals surface area (Å²) in [6, 6.07) is 7.90. The van der Waals surface area contributed by atoms with Gasteiger partial charge in [-0.15, -0.1) is 0 Å². The molecule has 2 aliphatic heterocycles. The van der Waals surface area contributed by atoms with Crippen LogP contribution in [0.1, 0.15) is 25.7 Å². The Bertz CT molecular complexity index is 930. The zero-order valence-corrected chi connectivity index (χ0v) is 19.7. The van der Waals surface area contributed by atoms with Gasteiger partial charge in [0.25, 0.3) is 0 Å². The van der Waals surface area contributed by atoms with Crippen molar-refractivity contribution in [3.8, 4) is 11.3 Å². The molecule has 0 aromatic carbocycles. The first kappa shape index (κ1) is 23.9. The molecule has 3 N–H and O–H groups in total. The Morgan fingerprint density at radius 2 is 2.09 bits per heavy atom. The number of nitrogens with one attached hydrogen (secondary N) is 3. The number of anilines is 2. The van der Waals surface area contributed by atoms with Gasteiger partial charge in [-0.2, -0.15) is 0 Å². The first-order valence-corrected chi connectivity index (χ1v) is 12.0. The first-order valence-electron chi connectivity index (χ1n) is 11.6. The van der Waals surface area contributed by atoms with E-state index in [9.17, 15) is 4.79 Å². The normalized spacial score (nSPS) is 21.5. The van der Waals surface area contributed by atoms with E-state index >= 15 is 0 Å². The molecule has 0 radical (unpaired) electrons. The average molecular weight is 474 g/mol. The largest absolute Gasteiger partial charge is 0.383 e. The number of pyridine rings is 2. The van der Waals surface area contributed by atoms with Crippen molar-refractivity contribution in [3.05, 3.63) is 35.5 Å². The molecule has 1 amide bonds. The molecule has 2 aromatic heterocycles. The fourth-order valence-electron chi connectivity index (χ4n) is 4.30. The summed E-state index contributed by atoms with van der Waals surface area (Å²) in [6.45, 7) is 3.80. The monoisotopic (exact) mass is 473 g/mol. The van der Waals surface area contributed by atoms with Crippen LogP contribution in [0.5, 0.6) is 0 Å². The Balaban J connectivity index is 1.39. The third-order valence-corrected chi connectivity index (χ3v) is 6.60. The van der Waals surface area contributed by atoms with Crippen LogP contribution in [0.25, 0.3) is 11.3 Å². The third kappa shape index (κ3) is 6.63.